The van der Waals surface area contributed by atoms with E-state index in [2.05, 4.69) is 15.2 Å². The molecule has 2 aromatic rings. The first-order valence-electron chi connectivity index (χ1n) is 3.13. The number of nitrogens with zero attached hydrogens (tertiary/aromatic N) is 2. The van der Waals surface area contributed by atoms with Gasteiger partial charge < -0.3 is 4.98 Å². The molecular weight excluding hydrogens is 126 g/mol. The summed E-state index contributed by atoms with van der Waals surface area (Å²) in [7, 11) is 0. The molecule has 3 heteroatoms. The van der Waals surface area contributed by atoms with Crippen LogP contribution in [-0.4, -0.2) is 15.2 Å². The molecule has 0 saturated carbocycles. The molecule has 0 aliphatic carbocycles. The van der Waals surface area contributed by atoms with Crippen molar-refractivity contribution in [2.45, 2.75) is 6.92 Å². The van der Waals surface area contributed by atoms with Crippen molar-refractivity contribution >= 4 is 10.9 Å². The molecule has 0 atom stereocenters. The number of aryl methyl sites for hydroxylation is 1. The van der Waals surface area contributed by atoms with E-state index in [1.807, 2.05) is 19.2 Å². The molecule has 0 spiro atoms. The van der Waals surface area contributed by atoms with Crippen LogP contribution in [0.5, 0.6) is 0 Å². The molecule has 0 fully saturated rings. The van der Waals surface area contributed by atoms with E-state index in [1.165, 1.54) is 0 Å². The fourth-order valence-electron chi connectivity index (χ4n) is 1.03. The zero-order valence-electron chi connectivity index (χ0n) is 5.63. The molecule has 0 bridgehead atoms. The van der Waals surface area contributed by atoms with E-state index in [9.17, 15) is 0 Å². The fraction of sp³-hybridized carbons (Fsp3) is 0.143. The van der Waals surface area contributed by atoms with Crippen LogP contribution in [0.3, 0.4) is 0 Å². The van der Waals surface area contributed by atoms with Crippen LogP contribution in [-0.2, 0) is 0 Å². The normalized spacial score (nSPS) is 10.5. The Morgan fingerprint density at radius 1 is 1.50 bits per heavy atom. The summed E-state index contributed by atoms with van der Waals surface area (Å²) in [6, 6.07) is 1.98. The highest BCUT2D eigenvalue weighted by Crippen LogP contribution is 2.10. The van der Waals surface area contributed by atoms with E-state index in [1.54, 1.807) is 6.20 Å². The third-order valence-electron chi connectivity index (χ3n) is 1.55. The summed E-state index contributed by atoms with van der Waals surface area (Å²) in [6.07, 6.45) is 3.64. The van der Waals surface area contributed by atoms with Gasteiger partial charge in [0.1, 0.15) is 0 Å². The number of H-pyrrole nitrogens is 1. The first kappa shape index (κ1) is 5.41. The van der Waals surface area contributed by atoms with Gasteiger partial charge in [-0.1, -0.05) is 0 Å². The maximum absolute atomic E-state index is 3.90. The van der Waals surface area contributed by atoms with Gasteiger partial charge in [-0.2, -0.15) is 10.2 Å². The van der Waals surface area contributed by atoms with Gasteiger partial charge >= 0.3 is 0 Å². The molecule has 0 aliphatic rings. The smallest absolute Gasteiger partial charge is 0.0840 e. The Morgan fingerprint density at radius 3 is 3.20 bits per heavy atom. The Balaban J connectivity index is 2.95. The molecule has 0 saturated heterocycles. The van der Waals surface area contributed by atoms with Gasteiger partial charge in [-0.3, -0.25) is 0 Å². The van der Waals surface area contributed by atoms with Crippen LogP contribution in [0.4, 0.5) is 0 Å². The summed E-state index contributed by atoms with van der Waals surface area (Å²) in [5.41, 5.74) is 2.03. The number of hydrogen-bond donors (Lipinski definition) is 1. The lowest BCUT2D eigenvalue weighted by atomic mass is 10.3. The number of hydrogen-bond acceptors (Lipinski definition) is 2. The monoisotopic (exact) mass is 133 g/mol. The van der Waals surface area contributed by atoms with E-state index < -0.39 is 0 Å². The van der Waals surface area contributed by atoms with E-state index in [-0.39, 0.29) is 0 Å². The van der Waals surface area contributed by atoms with Crippen molar-refractivity contribution in [1.82, 2.24) is 15.2 Å². The first-order valence-corrected chi connectivity index (χ1v) is 3.13. The van der Waals surface area contributed by atoms with Crippen molar-refractivity contribution < 1.29 is 0 Å². The molecule has 3 nitrogen and oxygen atoms in total. The molecule has 10 heavy (non-hydrogen) atoms. The molecule has 2 aromatic heterocycles. The Hall–Kier alpha value is -1.38. The molecule has 0 amide bonds. The predicted molar refractivity (Wildman–Crippen MR) is 38.6 cm³/mol. The van der Waals surface area contributed by atoms with Crippen LogP contribution >= 0.6 is 0 Å². The maximum Gasteiger partial charge on any atom is 0.0840 e. The Kier molecular flexibility index (Phi) is 0.974. The molecule has 0 aliphatic heterocycles. The summed E-state index contributed by atoms with van der Waals surface area (Å²) in [5.74, 6) is 0. The van der Waals surface area contributed by atoms with Gasteiger partial charge in [0.15, 0.2) is 0 Å². The van der Waals surface area contributed by atoms with Crippen LogP contribution in [0.2, 0.25) is 0 Å². The lowest BCUT2D eigenvalue weighted by Gasteiger charge is -1.90. The quantitative estimate of drug-likeness (QED) is 0.588. The minimum atomic E-state index is 0.947. The molecular formula is C7H7N3. The number of fused-ring (bicyclic) bond motifs is 1. The summed E-state index contributed by atoms with van der Waals surface area (Å²) in [4.78, 5) is 3.09. The highest BCUT2D eigenvalue weighted by atomic mass is 15.1. The molecule has 0 unspecified atom stereocenters. The van der Waals surface area contributed by atoms with Crippen LogP contribution < -0.4 is 0 Å². The molecule has 1 N–H and O–H groups in total. The third kappa shape index (κ3) is 0.603. The first-order chi connectivity index (χ1) is 4.88. The molecule has 0 radical (unpaired) electrons. The number of nitrogens with one attached hydrogen (secondary N) is 1. The molecule has 2 rings (SSSR count). The van der Waals surface area contributed by atoms with E-state index in [4.69, 9.17) is 0 Å². The van der Waals surface area contributed by atoms with Gasteiger partial charge in [0, 0.05) is 11.6 Å². The lowest BCUT2D eigenvalue weighted by molar-refractivity contribution is 0.999. The van der Waals surface area contributed by atoms with Crippen LogP contribution in [0.1, 0.15) is 5.69 Å². The second-order valence-electron chi connectivity index (χ2n) is 2.24. The standard InChI is InChI=1S/C7H7N3/c1-5-7-6(2-3-8-7)4-9-10-5/h2-4,8H,1H3. The van der Waals surface area contributed by atoms with Gasteiger partial charge in [-0.15, -0.1) is 0 Å². The summed E-state index contributed by atoms with van der Waals surface area (Å²) >= 11 is 0. The predicted octanol–water partition coefficient (Wildman–Crippen LogP) is 1.27. The fourth-order valence-corrected chi connectivity index (χ4v) is 1.03. The average Bonchev–Trinajstić information content (AvgIpc) is 2.36. The van der Waals surface area contributed by atoms with E-state index in [0.29, 0.717) is 0 Å². The summed E-state index contributed by atoms with van der Waals surface area (Å²) < 4.78 is 0. The maximum atomic E-state index is 3.90. The van der Waals surface area contributed by atoms with Gasteiger partial charge in [0.2, 0.25) is 0 Å². The van der Waals surface area contributed by atoms with Crippen molar-refractivity contribution in [3.8, 4) is 0 Å². The van der Waals surface area contributed by atoms with Crippen molar-refractivity contribution in [2.24, 2.45) is 0 Å². The van der Waals surface area contributed by atoms with Gasteiger partial charge in [0.05, 0.1) is 17.4 Å². The van der Waals surface area contributed by atoms with Crippen LogP contribution in [0.15, 0.2) is 18.5 Å². The van der Waals surface area contributed by atoms with E-state index in [0.717, 1.165) is 16.6 Å². The number of rotatable bonds is 0. The highest BCUT2D eigenvalue weighted by Gasteiger charge is 1.96. The summed E-state index contributed by atoms with van der Waals surface area (Å²) in [5, 5.41) is 8.83. The van der Waals surface area contributed by atoms with Crippen molar-refractivity contribution in [3.05, 3.63) is 24.2 Å². The molecule has 2 heterocycles. The lowest BCUT2D eigenvalue weighted by Crippen LogP contribution is -1.85. The topological polar surface area (TPSA) is 41.6 Å². The van der Waals surface area contributed by atoms with Crippen molar-refractivity contribution in [1.29, 1.82) is 0 Å². The second-order valence-corrected chi connectivity index (χ2v) is 2.24. The van der Waals surface area contributed by atoms with E-state index >= 15 is 0 Å². The minimum absolute atomic E-state index is 0.947. The highest BCUT2D eigenvalue weighted by molar-refractivity contribution is 5.79. The third-order valence-corrected chi connectivity index (χ3v) is 1.55. The Labute approximate surface area is 58.1 Å². The van der Waals surface area contributed by atoms with Gasteiger partial charge in [0.25, 0.3) is 0 Å². The number of aromatic amines is 1. The molecule has 50 valence electrons. The second kappa shape index (κ2) is 1.80. The van der Waals surface area contributed by atoms with Crippen LogP contribution in [0.25, 0.3) is 10.9 Å². The molecule has 0 aromatic carbocycles. The minimum Gasteiger partial charge on any atom is -0.360 e. The number of aromatic nitrogens is 3. The van der Waals surface area contributed by atoms with Gasteiger partial charge in [-0.25, -0.2) is 0 Å². The van der Waals surface area contributed by atoms with Gasteiger partial charge in [-0.05, 0) is 13.0 Å². The Bertz CT molecular complexity index is 350. The zero-order chi connectivity index (χ0) is 6.97. The summed E-state index contributed by atoms with van der Waals surface area (Å²) in [6.45, 7) is 1.94. The average molecular weight is 133 g/mol. The largest absolute Gasteiger partial charge is 0.360 e. The van der Waals surface area contributed by atoms with Crippen molar-refractivity contribution in [2.75, 3.05) is 0 Å². The zero-order valence-corrected chi connectivity index (χ0v) is 5.63. The SMILES string of the molecule is Cc1nncc2cc[nH]c12. The van der Waals surface area contributed by atoms with Crippen LogP contribution in [0, 0.1) is 6.92 Å². The van der Waals surface area contributed by atoms with Crippen molar-refractivity contribution in [3.63, 3.8) is 0 Å². The Morgan fingerprint density at radius 2 is 2.40 bits per heavy atom.